The highest BCUT2D eigenvalue weighted by Crippen LogP contribution is 2.38. The van der Waals surface area contributed by atoms with Crippen LogP contribution in [0, 0.1) is 0 Å². The fraction of sp³-hybridized carbons (Fsp3) is 0.280. The Morgan fingerprint density at radius 3 is 2.59 bits per heavy atom. The molecule has 9 heteroatoms. The molecule has 1 heterocycles. The van der Waals surface area contributed by atoms with Crippen LogP contribution in [0.25, 0.3) is 6.08 Å². The summed E-state index contributed by atoms with van der Waals surface area (Å²) in [7, 11) is 3.13. The third-order valence-electron chi connectivity index (χ3n) is 5.03. The van der Waals surface area contributed by atoms with Crippen LogP contribution in [-0.4, -0.2) is 43.4 Å². The molecule has 6 nitrogen and oxygen atoms in total. The predicted molar refractivity (Wildman–Crippen MR) is 137 cm³/mol. The molecule has 34 heavy (non-hydrogen) atoms. The Morgan fingerprint density at radius 2 is 1.91 bits per heavy atom. The molecule has 0 saturated carbocycles. The van der Waals surface area contributed by atoms with E-state index in [1.54, 1.807) is 50.6 Å². The fourth-order valence-corrected chi connectivity index (χ4v) is 4.72. The van der Waals surface area contributed by atoms with Gasteiger partial charge in [-0.2, -0.15) is 0 Å². The number of ether oxygens (including phenoxy) is 3. The second kappa shape index (κ2) is 12.3. The molecule has 1 aliphatic heterocycles. The molecule has 3 rings (SSSR count). The van der Waals surface area contributed by atoms with E-state index in [1.807, 2.05) is 6.07 Å². The lowest BCUT2D eigenvalue weighted by Crippen LogP contribution is -2.29. The van der Waals surface area contributed by atoms with E-state index in [9.17, 15) is 9.59 Å². The number of benzene rings is 2. The van der Waals surface area contributed by atoms with Gasteiger partial charge in [0.15, 0.2) is 11.5 Å². The third-order valence-corrected chi connectivity index (χ3v) is 6.52. The number of hydrogen-bond acceptors (Lipinski definition) is 6. The maximum absolute atomic E-state index is 12.7. The first-order chi connectivity index (χ1) is 16.4. The van der Waals surface area contributed by atoms with Crippen molar-refractivity contribution in [2.24, 2.45) is 0 Å². The zero-order valence-corrected chi connectivity index (χ0v) is 21.3. The monoisotopic (exact) mass is 521 g/mol. The van der Waals surface area contributed by atoms with Gasteiger partial charge in [0.2, 0.25) is 0 Å². The molecule has 1 aliphatic rings. The second-order valence-electron chi connectivity index (χ2n) is 7.41. The molecule has 0 radical (unpaired) electrons. The Labute approximate surface area is 213 Å². The van der Waals surface area contributed by atoms with Crippen molar-refractivity contribution in [2.45, 2.75) is 19.4 Å². The molecule has 1 fully saturated rings. The van der Waals surface area contributed by atoms with Crippen molar-refractivity contribution < 1.29 is 23.8 Å². The number of allylic oxidation sites excluding steroid dienone is 1. The predicted octanol–water partition coefficient (Wildman–Crippen LogP) is 6.38. The average Bonchev–Trinajstić information content (AvgIpc) is 3.06. The Balaban J connectivity index is 1.87. The van der Waals surface area contributed by atoms with Gasteiger partial charge in [-0.05, 0) is 60.5 Å². The highest BCUT2D eigenvalue weighted by Gasteiger charge is 2.34. The summed E-state index contributed by atoms with van der Waals surface area (Å²) in [5.41, 5.74) is 2.32. The van der Waals surface area contributed by atoms with E-state index in [1.165, 1.54) is 4.90 Å². The van der Waals surface area contributed by atoms with Crippen LogP contribution < -0.4 is 9.47 Å². The summed E-state index contributed by atoms with van der Waals surface area (Å²) in [6.45, 7) is 4.84. The van der Waals surface area contributed by atoms with E-state index in [2.05, 4.69) is 6.58 Å². The largest absolute Gasteiger partial charge is 0.493 e. The standard InChI is InChI=1S/C25H25Cl2NO5S/c1-4-6-17-11-16(13-22-24(29)28(25(30)34-22)9-5-10-31-2)12-21(32-3)23(17)33-15-18-7-8-19(26)14-20(18)27/h4,7-8,11-14H,1,5-6,9-10,15H2,2-3H3/b22-13+. The quantitative estimate of drug-likeness (QED) is 0.194. The first-order valence-corrected chi connectivity index (χ1v) is 12.1. The highest BCUT2D eigenvalue weighted by atomic mass is 35.5. The summed E-state index contributed by atoms with van der Waals surface area (Å²) in [6, 6.07) is 8.88. The van der Waals surface area contributed by atoms with Gasteiger partial charge < -0.3 is 14.2 Å². The van der Waals surface area contributed by atoms with Crippen LogP contribution >= 0.6 is 35.0 Å². The maximum Gasteiger partial charge on any atom is 0.293 e. The second-order valence-corrected chi connectivity index (χ2v) is 9.25. The Hall–Kier alpha value is -2.45. The smallest absolute Gasteiger partial charge is 0.293 e. The SMILES string of the molecule is C=CCc1cc(/C=C2/SC(=O)N(CCCOC)C2=O)cc(OC)c1OCc1ccc(Cl)cc1Cl. The number of carbonyl (C=O) groups is 2. The molecule has 1 saturated heterocycles. The number of carbonyl (C=O) groups excluding carboxylic acids is 2. The molecule has 0 N–H and O–H groups in total. The molecule has 0 aromatic heterocycles. The molecule has 0 atom stereocenters. The number of thioether (sulfide) groups is 1. The summed E-state index contributed by atoms with van der Waals surface area (Å²) >= 11 is 13.2. The lowest BCUT2D eigenvalue weighted by molar-refractivity contribution is -0.122. The molecule has 0 bridgehead atoms. The van der Waals surface area contributed by atoms with E-state index < -0.39 is 0 Å². The zero-order chi connectivity index (χ0) is 24.7. The summed E-state index contributed by atoms with van der Waals surface area (Å²) in [5.74, 6) is 0.737. The van der Waals surface area contributed by atoms with E-state index in [0.717, 1.165) is 22.9 Å². The van der Waals surface area contributed by atoms with Crippen LogP contribution in [0.2, 0.25) is 10.0 Å². The van der Waals surface area contributed by atoms with E-state index in [0.29, 0.717) is 58.0 Å². The average molecular weight is 522 g/mol. The number of nitrogens with zero attached hydrogens (tertiary/aromatic N) is 1. The number of methoxy groups -OCH3 is 2. The number of halogens is 2. The van der Waals surface area contributed by atoms with E-state index in [4.69, 9.17) is 37.4 Å². The minimum Gasteiger partial charge on any atom is -0.493 e. The van der Waals surface area contributed by atoms with E-state index >= 15 is 0 Å². The van der Waals surface area contributed by atoms with Gasteiger partial charge in [0.1, 0.15) is 6.61 Å². The van der Waals surface area contributed by atoms with Crippen LogP contribution in [0.15, 0.2) is 47.9 Å². The summed E-state index contributed by atoms with van der Waals surface area (Å²) in [4.78, 5) is 26.6. The summed E-state index contributed by atoms with van der Waals surface area (Å²) < 4.78 is 16.7. The Kier molecular flexibility index (Phi) is 9.47. The zero-order valence-electron chi connectivity index (χ0n) is 18.9. The minimum atomic E-state index is -0.312. The molecular formula is C25H25Cl2NO5S. The van der Waals surface area contributed by atoms with Crippen molar-refractivity contribution in [3.63, 3.8) is 0 Å². The Morgan fingerprint density at radius 1 is 1.12 bits per heavy atom. The van der Waals surface area contributed by atoms with Gasteiger partial charge in [-0.1, -0.05) is 35.3 Å². The van der Waals surface area contributed by atoms with Gasteiger partial charge in [0.05, 0.1) is 12.0 Å². The van der Waals surface area contributed by atoms with Crippen LogP contribution in [0.1, 0.15) is 23.1 Å². The molecule has 0 unspecified atom stereocenters. The van der Waals surface area contributed by atoms with Crippen molar-refractivity contribution in [1.82, 2.24) is 4.90 Å². The molecule has 0 spiro atoms. The maximum atomic E-state index is 12.7. The first-order valence-electron chi connectivity index (χ1n) is 10.5. The number of rotatable bonds is 11. The summed E-state index contributed by atoms with van der Waals surface area (Å²) in [5, 5.41) is 0.770. The number of imide groups is 1. The molecular weight excluding hydrogens is 497 g/mol. The molecule has 2 amide bonds. The Bertz CT molecular complexity index is 1120. The molecule has 180 valence electrons. The van der Waals surface area contributed by atoms with Crippen LogP contribution in [0.4, 0.5) is 4.79 Å². The van der Waals surface area contributed by atoms with Crippen molar-refractivity contribution in [3.05, 3.63) is 74.6 Å². The third kappa shape index (κ3) is 6.36. The van der Waals surface area contributed by atoms with Crippen molar-refractivity contribution in [1.29, 1.82) is 0 Å². The van der Waals surface area contributed by atoms with Crippen LogP contribution in [-0.2, 0) is 22.6 Å². The van der Waals surface area contributed by atoms with Gasteiger partial charge in [-0.25, -0.2) is 0 Å². The lowest BCUT2D eigenvalue weighted by Gasteiger charge is -2.16. The van der Waals surface area contributed by atoms with Crippen LogP contribution in [0.5, 0.6) is 11.5 Å². The van der Waals surface area contributed by atoms with Crippen molar-refractivity contribution in [2.75, 3.05) is 27.4 Å². The topological polar surface area (TPSA) is 65.1 Å². The van der Waals surface area contributed by atoms with Gasteiger partial charge in [0, 0.05) is 41.4 Å². The number of hydrogen-bond donors (Lipinski definition) is 0. The number of amides is 2. The first kappa shape index (κ1) is 26.2. The fourth-order valence-electron chi connectivity index (χ4n) is 3.39. The van der Waals surface area contributed by atoms with Gasteiger partial charge in [-0.3, -0.25) is 14.5 Å². The molecule has 0 aliphatic carbocycles. The van der Waals surface area contributed by atoms with Gasteiger partial charge >= 0.3 is 0 Å². The lowest BCUT2D eigenvalue weighted by atomic mass is 10.0. The highest BCUT2D eigenvalue weighted by molar-refractivity contribution is 8.18. The normalized spacial score (nSPS) is 14.7. The van der Waals surface area contributed by atoms with E-state index in [-0.39, 0.29) is 17.8 Å². The molecule has 2 aromatic carbocycles. The van der Waals surface area contributed by atoms with Crippen molar-refractivity contribution in [3.8, 4) is 11.5 Å². The summed E-state index contributed by atoms with van der Waals surface area (Å²) in [6.07, 6.45) is 4.55. The van der Waals surface area contributed by atoms with Gasteiger partial charge in [-0.15, -0.1) is 6.58 Å². The van der Waals surface area contributed by atoms with Crippen molar-refractivity contribution >= 4 is 52.2 Å². The van der Waals surface area contributed by atoms with Crippen LogP contribution in [0.3, 0.4) is 0 Å². The molecule has 2 aromatic rings. The minimum absolute atomic E-state index is 0.218. The van der Waals surface area contributed by atoms with Gasteiger partial charge in [0.25, 0.3) is 11.1 Å².